The minimum atomic E-state index is -0.792. The third-order valence-corrected chi connectivity index (χ3v) is 3.89. The molecule has 2 N–H and O–H groups in total. The Morgan fingerprint density at radius 1 is 0.964 bits per heavy atom. The van der Waals surface area contributed by atoms with Crippen LogP contribution in [0.15, 0.2) is 36.4 Å². The van der Waals surface area contributed by atoms with Crippen LogP contribution < -0.4 is 25.1 Å². The van der Waals surface area contributed by atoms with Gasteiger partial charge in [-0.1, -0.05) is 13.3 Å². The van der Waals surface area contributed by atoms with Crippen LogP contribution in [0.1, 0.15) is 40.5 Å². The number of rotatable bonds is 8. The molecule has 0 unspecified atom stereocenters. The van der Waals surface area contributed by atoms with Crippen LogP contribution in [0.3, 0.4) is 0 Å². The minimum Gasteiger partial charge on any atom is -0.497 e. The summed E-state index contributed by atoms with van der Waals surface area (Å²) in [7, 11) is 2.86. The third kappa shape index (κ3) is 5.35. The molecule has 0 saturated heterocycles. The van der Waals surface area contributed by atoms with Crippen molar-refractivity contribution in [3.63, 3.8) is 0 Å². The Kier molecular flexibility index (Phi) is 7.62. The predicted octanol–water partition coefficient (Wildman–Crippen LogP) is 3.10. The molecule has 0 fully saturated rings. The number of halogens is 1. The summed E-state index contributed by atoms with van der Waals surface area (Å²) < 4.78 is 29.7. The molecule has 0 aliphatic heterocycles. The first-order valence-corrected chi connectivity index (χ1v) is 8.75. The first-order chi connectivity index (χ1) is 13.5. The number of ether oxygens (including phenoxy) is 3. The summed E-state index contributed by atoms with van der Waals surface area (Å²) in [6.45, 7) is 2.60. The van der Waals surface area contributed by atoms with Crippen molar-refractivity contribution in [3.05, 3.63) is 53.3 Å². The summed E-state index contributed by atoms with van der Waals surface area (Å²) >= 11 is 0. The van der Waals surface area contributed by atoms with Crippen molar-refractivity contribution < 1.29 is 28.2 Å². The molecule has 0 spiro atoms. The van der Waals surface area contributed by atoms with E-state index in [2.05, 4.69) is 17.8 Å². The zero-order chi connectivity index (χ0) is 20.5. The average molecular weight is 390 g/mol. The number of carbonyl (C=O) groups excluding carboxylic acids is 2. The van der Waals surface area contributed by atoms with Gasteiger partial charge >= 0.3 is 0 Å². The van der Waals surface area contributed by atoms with E-state index in [-0.39, 0.29) is 16.9 Å². The van der Waals surface area contributed by atoms with Crippen LogP contribution in [-0.4, -0.2) is 32.6 Å². The molecule has 2 aromatic carbocycles. The van der Waals surface area contributed by atoms with Crippen LogP contribution in [0.25, 0.3) is 0 Å². The van der Waals surface area contributed by atoms with Crippen molar-refractivity contribution in [2.75, 3.05) is 20.8 Å². The second kappa shape index (κ2) is 10.1. The number of benzene rings is 2. The van der Waals surface area contributed by atoms with Gasteiger partial charge in [-0.2, -0.15) is 0 Å². The van der Waals surface area contributed by atoms with Gasteiger partial charge in [0, 0.05) is 11.6 Å². The van der Waals surface area contributed by atoms with Crippen LogP contribution in [0.4, 0.5) is 4.39 Å². The Morgan fingerprint density at radius 2 is 1.71 bits per heavy atom. The Hall–Kier alpha value is -3.29. The largest absolute Gasteiger partial charge is 0.497 e. The van der Waals surface area contributed by atoms with Crippen molar-refractivity contribution >= 4 is 11.8 Å². The van der Waals surface area contributed by atoms with E-state index >= 15 is 0 Å². The van der Waals surface area contributed by atoms with E-state index in [0.29, 0.717) is 18.1 Å². The average Bonchev–Trinajstić information content (AvgIpc) is 2.71. The van der Waals surface area contributed by atoms with Crippen molar-refractivity contribution in [1.82, 2.24) is 10.9 Å². The monoisotopic (exact) mass is 390 g/mol. The molecule has 28 heavy (non-hydrogen) atoms. The fourth-order valence-electron chi connectivity index (χ4n) is 2.31. The highest BCUT2D eigenvalue weighted by molar-refractivity contribution is 5.99. The predicted molar refractivity (Wildman–Crippen MR) is 101 cm³/mol. The quantitative estimate of drug-likeness (QED) is 0.534. The second-order valence-corrected chi connectivity index (χ2v) is 5.82. The van der Waals surface area contributed by atoms with E-state index in [1.807, 2.05) is 0 Å². The first-order valence-electron chi connectivity index (χ1n) is 8.75. The molecule has 0 heterocycles. The lowest BCUT2D eigenvalue weighted by molar-refractivity contribution is 0.0844. The van der Waals surface area contributed by atoms with Crippen LogP contribution in [0.5, 0.6) is 17.2 Å². The van der Waals surface area contributed by atoms with E-state index < -0.39 is 17.6 Å². The van der Waals surface area contributed by atoms with Gasteiger partial charge in [0.2, 0.25) is 0 Å². The number of methoxy groups -OCH3 is 2. The van der Waals surface area contributed by atoms with Gasteiger partial charge in [-0.25, -0.2) is 4.39 Å². The van der Waals surface area contributed by atoms with Crippen molar-refractivity contribution in [3.8, 4) is 17.2 Å². The molecule has 7 nitrogen and oxygen atoms in total. The number of nitrogens with one attached hydrogen (secondary N) is 2. The van der Waals surface area contributed by atoms with Gasteiger partial charge in [-0.05, 0) is 36.8 Å². The van der Waals surface area contributed by atoms with Crippen LogP contribution in [-0.2, 0) is 0 Å². The molecule has 0 bridgehead atoms. The maximum Gasteiger partial charge on any atom is 0.272 e. The Balaban J connectivity index is 2.01. The first kappa shape index (κ1) is 21.0. The normalized spacial score (nSPS) is 10.1. The van der Waals surface area contributed by atoms with Gasteiger partial charge in [0.25, 0.3) is 11.8 Å². The summed E-state index contributed by atoms with van der Waals surface area (Å²) in [5.74, 6) is -0.929. The van der Waals surface area contributed by atoms with Crippen molar-refractivity contribution in [2.24, 2.45) is 0 Å². The molecule has 2 amide bonds. The van der Waals surface area contributed by atoms with E-state index in [1.54, 1.807) is 12.1 Å². The molecular weight excluding hydrogens is 367 g/mol. The fraction of sp³-hybridized carbons (Fsp3) is 0.300. The highest BCUT2D eigenvalue weighted by Crippen LogP contribution is 2.28. The molecular formula is C20H23FN2O5. The fourth-order valence-corrected chi connectivity index (χ4v) is 2.31. The zero-order valence-corrected chi connectivity index (χ0v) is 16.0. The summed E-state index contributed by atoms with van der Waals surface area (Å²) in [6.07, 6.45) is 1.90. The molecule has 0 radical (unpaired) electrons. The maximum absolute atomic E-state index is 13.9. The van der Waals surface area contributed by atoms with Gasteiger partial charge in [0.1, 0.15) is 11.6 Å². The van der Waals surface area contributed by atoms with Gasteiger partial charge in [0.15, 0.2) is 11.5 Å². The summed E-state index contributed by atoms with van der Waals surface area (Å²) in [5, 5.41) is 0. The molecule has 0 aromatic heterocycles. The summed E-state index contributed by atoms with van der Waals surface area (Å²) in [5.41, 5.74) is 4.44. The number of hydrogen-bond acceptors (Lipinski definition) is 5. The molecule has 0 aliphatic carbocycles. The zero-order valence-electron chi connectivity index (χ0n) is 16.0. The Morgan fingerprint density at radius 3 is 2.36 bits per heavy atom. The van der Waals surface area contributed by atoms with E-state index in [9.17, 15) is 14.0 Å². The van der Waals surface area contributed by atoms with Crippen molar-refractivity contribution in [2.45, 2.75) is 19.8 Å². The van der Waals surface area contributed by atoms with Crippen LogP contribution in [0, 0.1) is 5.82 Å². The molecule has 0 aliphatic rings. The molecule has 0 atom stereocenters. The topological polar surface area (TPSA) is 85.9 Å². The molecule has 0 saturated carbocycles. The number of hydrazine groups is 1. The molecule has 2 rings (SSSR count). The number of carbonyl (C=O) groups is 2. The lowest BCUT2D eigenvalue weighted by Crippen LogP contribution is -2.41. The van der Waals surface area contributed by atoms with Crippen molar-refractivity contribution in [1.29, 1.82) is 0 Å². The molecule has 150 valence electrons. The second-order valence-electron chi connectivity index (χ2n) is 5.82. The Bertz CT molecular complexity index is 841. The molecule has 8 heteroatoms. The summed E-state index contributed by atoms with van der Waals surface area (Å²) in [4.78, 5) is 24.3. The van der Waals surface area contributed by atoms with Gasteiger partial charge in [-0.3, -0.25) is 20.4 Å². The lowest BCUT2D eigenvalue weighted by atomic mass is 10.2. The van der Waals surface area contributed by atoms with Crippen LogP contribution in [0.2, 0.25) is 0 Å². The van der Waals surface area contributed by atoms with Gasteiger partial charge in [-0.15, -0.1) is 0 Å². The minimum absolute atomic E-state index is 0.224. The van der Waals surface area contributed by atoms with Gasteiger partial charge < -0.3 is 14.2 Å². The van der Waals surface area contributed by atoms with E-state index in [0.717, 1.165) is 18.9 Å². The summed E-state index contributed by atoms with van der Waals surface area (Å²) in [6, 6.07) is 8.45. The number of amides is 2. The number of hydrogen-bond donors (Lipinski definition) is 2. The SMILES string of the molecule is CCCCOc1ccc(C(=O)NNC(=O)c2ccc(OC)cc2F)cc1OC. The molecule has 2 aromatic rings. The highest BCUT2D eigenvalue weighted by Gasteiger charge is 2.15. The third-order valence-electron chi connectivity index (χ3n) is 3.89. The van der Waals surface area contributed by atoms with E-state index in [4.69, 9.17) is 14.2 Å². The lowest BCUT2D eigenvalue weighted by Gasteiger charge is -2.12. The Labute approximate surface area is 162 Å². The highest BCUT2D eigenvalue weighted by atomic mass is 19.1. The van der Waals surface area contributed by atoms with E-state index in [1.165, 1.54) is 32.4 Å². The van der Waals surface area contributed by atoms with Crippen LogP contribution >= 0.6 is 0 Å². The standard InChI is InChI=1S/C20H23FN2O5/c1-4-5-10-28-17-9-6-13(11-18(17)27-3)19(24)22-23-20(25)15-8-7-14(26-2)12-16(15)21/h6-9,11-12H,4-5,10H2,1-3H3,(H,22,24)(H,23,25). The smallest absolute Gasteiger partial charge is 0.272 e. The maximum atomic E-state index is 13.9. The number of unbranched alkanes of at least 4 members (excludes halogenated alkanes) is 1. The van der Waals surface area contributed by atoms with Gasteiger partial charge in [0.05, 0.1) is 26.4 Å².